The van der Waals surface area contributed by atoms with Gasteiger partial charge in [0.1, 0.15) is 0 Å². The van der Waals surface area contributed by atoms with Crippen molar-refractivity contribution in [3.63, 3.8) is 0 Å². The number of nitrogens with one attached hydrogen (secondary N) is 1. The quantitative estimate of drug-likeness (QED) is 0.858. The lowest BCUT2D eigenvalue weighted by molar-refractivity contribution is -0.0279. The minimum atomic E-state index is -0.833. The van der Waals surface area contributed by atoms with Crippen LogP contribution in [0.15, 0.2) is 18.2 Å². The summed E-state index contributed by atoms with van der Waals surface area (Å²) in [5.74, 6) is 0.203. The highest BCUT2D eigenvalue weighted by molar-refractivity contribution is 5.94. The topological polar surface area (TPSA) is 49.3 Å². The van der Waals surface area contributed by atoms with E-state index in [2.05, 4.69) is 25.2 Å². The van der Waals surface area contributed by atoms with Gasteiger partial charge in [-0.05, 0) is 92.9 Å². The zero-order valence-electron chi connectivity index (χ0n) is 16.0. The van der Waals surface area contributed by atoms with Crippen LogP contribution in [-0.2, 0) is 12.8 Å². The van der Waals surface area contributed by atoms with E-state index in [4.69, 9.17) is 0 Å². The van der Waals surface area contributed by atoms with Crippen molar-refractivity contribution in [3.05, 3.63) is 34.9 Å². The van der Waals surface area contributed by atoms with Crippen LogP contribution in [-0.4, -0.2) is 23.2 Å². The van der Waals surface area contributed by atoms with Crippen LogP contribution in [0.2, 0.25) is 0 Å². The molecule has 1 unspecified atom stereocenters. The van der Waals surface area contributed by atoms with Crippen LogP contribution in [0, 0.1) is 11.3 Å². The van der Waals surface area contributed by atoms with Gasteiger partial charge >= 0.3 is 0 Å². The number of carbonyl (C=O) groups excluding carboxylic acids is 1. The zero-order chi connectivity index (χ0) is 18.1. The van der Waals surface area contributed by atoms with E-state index in [1.807, 2.05) is 19.1 Å². The third kappa shape index (κ3) is 4.44. The highest BCUT2D eigenvalue weighted by atomic mass is 16.3. The van der Waals surface area contributed by atoms with Gasteiger partial charge in [0, 0.05) is 12.1 Å². The van der Waals surface area contributed by atoms with Crippen LogP contribution in [0.3, 0.4) is 0 Å². The van der Waals surface area contributed by atoms with Gasteiger partial charge in [-0.2, -0.15) is 0 Å². The molecule has 1 saturated carbocycles. The molecule has 3 nitrogen and oxygen atoms in total. The maximum atomic E-state index is 12.5. The summed E-state index contributed by atoms with van der Waals surface area (Å²) in [6, 6.07) is 6.07. The van der Waals surface area contributed by atoms with Gasteiger partial charge in [-0.1, -0.05) is 19.9 Å². The van der Waals surface area contributed by atoms with Crippen LogP contribution in [0.25, 0.3) is 0 Å². The molecule has 1 aromatic rings. The van der Waals surface area contributed by atoms with E-state index in [1.165, 1.54) is 24.0 Å². The Morgan fingerprint density at radius 2 is 1.84 bits per heavy atom. The van der Waals surface area contributed by atoms with E-state index in [1.54, 1.807) is 0 Å². The van der Waals surface area contributed by atoms with Crippen molar-refractivity contribution in [1.82, 2.24) is 5.32 Å². The van der Waals surface area contributed by atoms with E-state index in [0.29, 0.717) is 12.0 Å². The Bertz CT molecular complexity index is 623. The number of aliphatic hydroxyl groups is 1. The third-order valence-corrected chi connectivity index (χ3v) is 6.44. The van der Waals surface area contributed by atoms with Crippen LogP contribution in [0.5, 0.6) is 0 Å². The van der Waals surface area contributed by atoms with Crippen molar-refractivity contribution in [2.24, 2.45) is 11.3 Å². The maximum Gasteiger partial charge on any atom is 0.251 e. The largest absolute Gasteiger partial charge is 0.388 e. The fraction of sp³-hybridized carbons (Fsp3) is 0.682. The second-order valence-electron chi connectivity index (χ2n) is 9.17. The Morgan fingerprint density at radius 1 is 1.20 bits per heavy atom. The lowest BCUT2D eigenvalue weighted by Gasteiger charge is -2.41. The second kappa shape index (κ2) is 7.11. The van der Waals surface area contributed by atoms with Gasteiger partial charge in [0.15, 0.2) is 0 Å². The Morgan fingerprint density at radius 3 is 2.52 bits per heavy atom. The molecule has 1 amide bonds. The standard InChI is InChI=1S/C22H33NO2/c1-21(2)12-10-19(11-13-21)22(3,25)15-23-20(24)18-9-8-16-6-4-5-7-17(16)14-18/h8-9,14,19,25H,4-7,10-13,15H2,1-3H3,(H,23,24). The molecule has 138 valence electrons. The summed E-state index contributed by atoms with van der Waals surface area (Å²) in [6.07, 6.45) is 9.03. The van der Waals surface area contributed by atoms with Gasteiger partial charge in [-0.25, -0.2) is 0 Å². The predicted molar refractivity (Wildman–Crippen MR) is 102 cm³/mol. The molecule has 0 aromatic heterocycles. The predicted octanol–water partition coefficient (Wildman–Crippen LogP) is 4.26. The Balaban J connectivity index is 1.58. The lowest BCUT2D eigenvalue weighted by Crippen LogP contribution is -2.47. The maximum absolute atomic E-state index is 12.5. The van der Waals surface area contributed by atoms with E-state index >= 15 is 0 Å². The molecule has 0 radical (unpaired) electrons. The van der Waals surface area contributed by atoms with Crippen molar-refractivity contribution in [3.8, 4) is 0 Å². The van der Waals surface area contributed by atoms with Gasteiger partial charge < -0.3 is 10.4 Å². The van der Waals surface area contributed by atoms with Gasteiger partial charge in [0.25, 0.3) is 5.91 Å². The molecule has 0 aliphatic heterocycles. The molecule has 2 N–H and O–H groups in total. The first kappa shape index (κ1) is 18.4. The van der Waals surface area contributed by atoms with Crippen LogP contribution in [0.1, 0.15) is 80.8 Å². The number of aryl methyl sites for hydroxylation is 2. The number of hydrogen-bond donors (Lipinski definition) is 2. The molecular weight excluding hydrogens is 310 g/mol. The average Bonchev–Trinajstić information content (AvgIpc) is 2.59. The number of hydrogen-bond acceptors (Lipinski definition) is 2. The Labute approximate surface area is 152 Å². The van der Waals surface area contributed by atoms with Gasteiger partial charge in [0.2, 0.25) is 0 Å². The summed E-state index contributed by atoms with van der Waals surface area (Å²) in [6.45, 7) is 6.81. The SMILES string of the molecule is CC1(C)CCC(C(C)(O)CNC(=O)c2ccc3c(c2)CCCC3)CC1. The molecule has 25 heavy (non-hydrogen) atoms. The molecule has 0 heterocycles. The van der Waals surface area contributed by atoms with Crippen LogP contribution in [0.4, 0.5) is 0 Å². The fourth-order valence-corrected chi connectivity index (χ4v) is 4.40. The van der Waals surface area contributed by atoms with Gasteiger partial charge in [-0.15, -0.1) is 0 Å². The zero-order valence-corrected chi connectivity index (χ0v) is 16.0. The fourth-order valence-electron chi connectivity index (χ4n) is 4.40. The highest BCUT2D eigenvalue weighted by Gasteiger charge is 2.37. The third-order valence-electron chi connectivity index (χ3n) is 6.44. The molecule has 0 bridgehead atoms. The molecule has 0 saturated heterocycles. The molecular formula is C22H33NO2. The second-order valence-corrected chi connectivity index (χ2v) is 9.17. The number of benzene rings is 1. The summed E-state index contributed by atoms with van der Waals surface area (Å²) >= 11 is 0. The molecule has 1 aromatic carbocycles. The van der Waals surface area contributed by atoms with Crippen molar-refractivity contribution >= 4 is 5.91 Å². The van der Waals surface area contributed by atoms with E-state index in [9.17, 15) is 9.90 Å². The molecule has 3 heteroatoms. The summed E-state index contributed by atoms with van der Waals surface area (Å²) in [7, 11) is 0. The first-order valence-electron chi connectivity index (χ1n) is 9.89. The van der Waals surface area contributed by atoms with Crippen molar-refractivity contribution < 1.29 is 9.90 Å². The monoisotopic (exact) mass is 343 g/mol. The minimum absolute atomic E-state index is 0.0650. The van der Waals surface area contributed by atoms with Crippen molar-refractivity contribution in [2.75, 3.05) is 6.54 Å². The Hall–Kier alpha value is -1.35. The van der Waals surface area contributed by atoms with Crippen molar-refractivity contribution in [1.29, 1.82) is 0 Å². The summed E-state index contributed by atoms with van der Waals surface area (Å²) in [5, 5.41) is 13.9. The summed E-state index contributed by atoms with van der Waals surface area (Å²) in [5.41, 5.74) is 2.99. The minimum Gasteiger partial charge on any atom is -0.388 e. The summed E-state index contributed by atoms with van der Waals surface area (Å²) < 4.78 is 0. The Kier molecular flexibility index (Phi) is 5.24. The first-order chi connectivity index (χ1) is 11.8. The van der Waals surface area contributed by atoms with E-state index in [-0.39, 0.29) is 11.8 Å². The molecule has 0 spiro atoms. The van der Waals surface area contributed by atoms with Gasteiger partial charge in [0.05, 0.1) is 5.60 Å². The van der Waals surface area contributed by atoms with Gasteiger partial charge in [-0.3, -0.25) is 4.79 Å². The van der Waals surface area contributed by atoms with Crippen LogP contribution < -0.4 is 5.32 Å². The van der Waals surface area contributed by atoms with Crippen molar-refractivity contribution in [2.45, 2.75) is 77.7 Å². The number of rotatable bonds is 4. The van der Waals surface area contributed by atoms with E-state index < -0.39 is 5.60 Å². The van der Waals surface area contributed by atoms with E-state index in [0.717, 1.165) is 44.1 Å². The average molecular weight is 344 g/mol. The summed E-state index contributed by atoms with van der Waals surface area (Å²) in [4.78, 5) is 12.5. The molecule has 2 aliphatic carbocycles. The molecule has 3 rings (SSSR count). The highest BCUT2D eigenvalue weighted by Crippen LogP contribution is 2.41. The number of amides is 1. The lowest BCUT2D eigenvalue weighted by atomic mass is 9.68. The number of fused-ring (bicyclic) bond motifs is 1. The first-order valence-corrected chi connectivity index (χ1v) is 9.89. The molecule has 2 aliphatic rings. The molecule has 1 atom stereocenters. The number of carbonyl (C=O) groups is 1. The normalized spacial score (nSPS) is 22.7. The molecule has 1 fully saturated rings. The van der Waals surface area contributed by atoms with Crippen LogP contribution >= 0.6 is 0 Å². The smallest absolute Gasteiger partial charge is 0.251 e.